The molecule has 0 saturated heterocycles. The molecule has 5 rings (SSSR count). The number of nitrogens with one attached hydrogen (secondary N) is 3. The summed E-state index contributed by atoms with van der Waals surface area (Å²) < 4.78 is 14.3. The standard InChI is InChI=1S/C24H24FN7/c1-24(2,3)28-12-15-8-14(10-21(25)29-15)20-11-17-16(6-7-27-23(17)30-20)13-4-5-19-18(9-13)22(26)32-31-19/h4-11,28H,12H2,1-3H3,(H,27,30)(H3,26,31,32). The number of anilines is 1. The van der Waals surface area contributed by atoms with Crippen LogP contribution in [-0.2, 0) is 6.54 Å². The number of pyridine rings is 2. The van der Waals surface area contributed by atoms with Crippen LogP contribution in [-0.4, -0.2) is 30.7 Å². The van der Waals surface area contributed by atoms with Crippen molar-refractivity contribution in [2.75, 3.05) is 5.73 Å². The second kappa shape index (κ2) is 7.42. The molecule has 0 aliphatic carbocycles. The summed E-state index contributed by atoms with van der Waals surface area (Å²) in [5.74, 6) is -0.0495. The van der Waals surface area contributed by atoms with E-state index < -0.39 is 5.95 Å². The van der Waals surface area contributed by atoms with Crippen LogP contribution < -0.4 is 11.1 Å². The van der Waals surface area contributed by atoms with Gasteiger partial charge in [-0.1, -0.05) is 6.07 Å². The minimum atomic E-state index is -0.513. The maximum atomic E-state index is 14.3. The molecule has 0 amide bonds. The van der Waals surface area contributed by atoms with E-state index in [0.29, 0.717) is 18.1 Å². The molecule has 0 atom stereocenters. The molecule has 0 aliphatic rings. The van der Waals surface area contributed by atoms with Crippen molar-refractivity contribution < 1.29 is 4.39 Å². The monoisotopic (exact) mass is 429 g/mol. The lowest BCUT2D eigenvalue weighted by atomic mass is 10.0. The van der Waals surface area contributed by atoms with Crippen LogP contribution in [0.3, 0.4) is 0 Å². The third-order valence-electron chi connectivity index (χ3n) is 5.39. The minimum Gasteiger partial charge on any atom is -0.382 e. The Labute approximate surface area is 184 Å². The molecular formula is C24H24FN7. The molecule has 5 N–H and O–H groups in total. The van der Waals surface area contributed by atoms with Gasteiger partial charge in [0.1, 0.15) is 5.65 Å². The van der Waals surface area contributed by atoms with Crippen molar-refractivity contribution in [1.82, 2.24) is 30.5 Å². The van der Waals surface area contributed by atoms with Crippen molar-refractivity contribution in [3.8, 4) is 22.4 Å². The van der Waals surface area contributed by atoms with Crippen LogP contribution >= 0.6 is 0 Å². The number of fused-ring (bicyclic) bond motifs is 2. The van der Waals surface area contributed by atoms with E-state index >= 15 is 0 Å². The highest BCUT2D eigenvalue weighted by molar-refractivity contribution is 5.99. The van der Waals surface area contributed by atoms with E-state index in [1.165, 1.54) is 6.07 Å². The topological polar surface area (TPSA) is 108 Å². The number of hydrogen-bond acceptors (Lipinski definition) is 5. The number of aromatic nitrogens is 5. The van der Waals surface area contributed by atoms with E-state index in [9.17, 15) is 4.39 Å². The van der Waals surface area contributed by atoms with Gasteiger partial charge >= 0.3 is 0 Å². The van der Waals surface area contributed by atoms with Crippen molar-refractivity contribution in [3.63, 3.8) is 0 Å². The molecule has 7 nitrogen and oxygen atoms in total. The third kappa shape index (κ3) is 3.80. The fourth-order valence-corrected chi connectivity index (χ4v) is 3.79. The van der Waals surface area contributed by atoms with Gasteiger partial charge in [0, 0.05) is 46.4 Å². The van der Waals surface area contributed by atoms with Crippen LogP contribution in [0.4, 0.5) is 10.2 Å². The maximum Gasteiger partial charge on any atom is 0.213 e. The Morgan fingerprint density at radius 2 is 1.88 bits per heavy atom. The minimum absolute atomic E-state index is 0.0897. The molecule has 0 aliphatic heterocycles. The average molecular weight is 430 g/mol. The molecule has 0 saturated carbocycles. The first kappa shape index (κ1) is 20.1. The fourth-order valence-electron chi connectivity index (χ4n) is 3.79. The van der Waals surface area contributed by atoms with E-state index in [0.717, 1.165) is 44.3 Å². The summed E-state index contributed by atoms with van der Waals surface area (Å²) in [7, 11) is 0. The molecule has 0 radical (unpaired) electrons. The Balaban J connectivity index is 1.57. The van der Waals surface area contributed by atoms with E-state index in [1.54, 1.807) is 6.20 Å². The van der Waals surface area contributed by atoms with Crippen molar-refractivity contribution in [2.24, 2.45) is 0 Å². The highest BCUT2D eigenvalue weighted by Gasteiger charge is 2.14. The van der Waals surface area contributed by atoms with Gasteiger partial charge in [0.25, 0.3) is 0 Å². The molecule has 1 aromatic carbocycles. The first-order chi connectivity index (χ1) is 15.3. The van der Waals surface area contributed by atoms with E-state index in [1.807, 2.05) is 36.4 Å². The number of nitrogen functional groups attached to an aromatic ring is 1. The maximum absolute atomic E-state index is 14.3. The van der Waals surface area contributed by atoms with Crippen molar-refractivity contribution >= 4 is 27.8 Å². The van der Waals surface area contributed by atoms with E-state index in [4.69, 9.17) is 5.73 Å². The quantitative estimate of drug-likeness (QED) is 0.308. The summed E-state index contributed by atoms with van der Waals surface area (Å²) >= 11 is 0. The molecule has 0 fully saturated rings. The van der Waals surface area contributed by atoms with Gasteiger partial charge in [-0.2, -0.15) is 9.49 Å². The van der Waals surface area contributed by atoms with Gasteiger partial charge in [-0.15, -0.1) is 0 Å². The summed E-state index contributed by atoms with van der Waals surface area (Å²) in [5, 5.41) is 12.1. The largest absolute Gasteiger partial charge is 0.382 e. The van der Waals surface area contributed by atoms with Gasteiger partial charge in [-0.3, -0.25) is 5.10 Å². The van der Waals surface area contributed by atoms with Gasteiger partial charge in [0.15, 0.2) is 5.82 Å². The number of nitrogens with zero attached hydrogens (tertiary/aromatic N) is 3. The number of hydrogen-bond donors (Lipinski definition) is 4. The molecule has 0 bridgehead atoms. The molecule has 5 aromatic rings. The van der Waals surface area contributed by atoms with Crippen LogP contribution in [0.2, 0.25) is 0 Å². The number of benzene rings is 1. The first-order valence-electron chi connectivity index (χ1n) is 10.4. The fraction of sp³-hybridized carbons (Fsp3) is 0.208. The second-order valence-corrected chi connectivity index (χ2v) is 8.95. The molecular weight excluding hydrogens is 405 g/mol. The molecule has 8 heteroatoms. The van der Waals surface area contributed by atoms with Gasteiger partial charge in [0.05, 0.1) is 11.2 Å². The van der Waals surface area contributed by atoms with Crippen LogP contribution in [0.25, 0.3) is 44.3 Å². The second-order valence-electron chi connectivity index (χ2n) is 8.95. The van der Waals surface area contributed by atoms with Crippen LogP contribution in [0.5, 0.6) is 0 Å². The normalized spacial score (nSPS) is 12.1. The molecule has 4 aromatic heterocycles. The number of rotatable bonds is 4. The number of aromatic amines is 2. The van der Waals surface area contributed by atoms with Crippen LogP contribution in [0.15, 0.2) is 48.7 Å². The lowest BCUT2D eigenvalue weighted by Gasteiger charge is -2.20. The molecule has 0 unspecified atom stereocenters. The molecule has 32 heavy (non-hydrogen) atoms. The van der Waals surface area contributed by atoms with Gasteiger partial charge in [-0.25, -0.2) is 9.97 Å². The zero-order valence-electron chi connectivity index (χ0n) is 18.1. The van der Waals surface area contributed by atoms with E-state index in [2.05, 4.69) is 51.2 Å². The van der Waals surface area contributed by atoms with Crippen molar-refractivity contribution in [3.05, 3.63) is 60.3 Å². The molecule has 162 valence electrons. The summed E-state index contributed by atoms with van der Waals surface area (Å²) in [4.78, 5) is 11.8. The Kier molecular flexibility index (Phi) is 4.67. The van der Waals surface area contributed by atoms with Gasteiger partial charge in [0.2, 0.25) is 5.95 Å². The van der Waals surface area contributed by atoms with Crippen LogP contribution in [0.1, 0.15) is 26.5 Å². The number of H-pyrrole nitrogens is 2. The Morgan fingerprint density at radius 3 is 2.69 bits per heavy atom. The van der Waals surface area contributed by atoms with Gasteiger partial charge < -0.3 is 16.0 Å². The first-order valence-corrected chi connectivity index (χ1v) is 10.4. The highest BCUT2D eigenvalue weighted by Crippen LogP contribution is 2.33. The van der Waals surface area contributed by atoms with Crippen molar-refractivity contribution in [2.45, 2.75) is 32.9 Å². The summed E-state index contributed by atoms with van der Waals surface area (Å²) in [5.41, 5.74) is 11.7. The van der Waals surface area contributed by atoms with Crippen LogP contribution in [0, 0.1) is 5.95 Å². The Morgan fingerprint density at radius 1 is 1.03 bits per heavy atom. The smallest absolute Gasteiger partial charge is 0.213 e. The predicted molar refractivity (Wildman–Crippen MR) is 125 cm³/mol. The average Bonchev–Trinajstić information content (AvgIpc) is 3.35. The summed E-state index contributed by atoms with van der Waals surface area (Å²) in [6.07, 6.45) is 1.76. The Hall–Kier alpha value is -3.78. The lowest BCUT2D eigenvalue weighted by Crippen LogP contribution is -2.35. The lowest BCUT2D eigenvalue weighted by molar-refractivity contribution is 0.419. The number of halogens is 1. The Bertz CT molecular complexity index is 1440. The summed E-state index contributed by atoms with van der Waals surface area (Å²) in [6.45, 7) is 6.66. The number of nitrogens with two attached hydrogens (primary N) is 1. The highest BCUT2D eigenvalue weighted by atomic mass is 19.1. The third-order valence-corrected chi connectivity index (χ3v) is 5.39. The predicted octanol–water partition coefficient (Wildman–Crippen LogP) is 4.78. The zero-order valence-corrected chi connectivity index (χ0v) is 18.1. The molecule has 0 spiro atoms. The van der Waals surface area contributed by atoms with Crippen molar-refractivity contribution in [1.29, 1.82) is 0 Å². The van der Waals surface area contributed by atoms with Gasteiger partial charge in [-0.05, 0) is 62.2 Å². The SMILES string of the molecule is CC(C)(C)NCc1cc(-c2cc3c(-c4ccc5[nH]nc(N)c5c4)ccnc3[nH]2)cc(F)n1. The van der Waals surface area contributed by atoms with E-state index in [-0.39, 0.29) is 5.54 Å². The zero-order chi connectivity index (χ0) is 22.5. The summed E-state index contributed by atoms with van der Waals surface area (Å²) in [6, 6.07) is 13.3. The molecule has 4 heterocycles.